The normalized spacial score (nSPS) is 14.2. The Labute approximate surface area is 186 Å². The zero-order chi connectivity index (χ0) is 22.1. The summed E-state index contributed by atoms with van der Waals surface area (Å²) >= 11 is 12.7. The lowest BCUT2D eigenvalue weighted by atomic mass is 9.99. The van der Waals surface area contributed by atoms with E-state index in [4.69, 9.17) is 27.9 Å². The van der Waals surface area contributed by atoms with Gasteiger partial charge in [-0.3, -0.25) is 14.6 Å². The number of aryl methyl sites for hydroxylation is 1. The van der Waals surface area contributed by atoms with Gasteiger partial charge in [0.25, 0.3) is 11.1 Å². The number of ether oxygens (including phenoxy) is 1. The summed E-state index contributed by atoms with van der Waals surface area (Å²) in [6.07, 6.45) is 5.24. The summed E-state index contributed by atoms with van der Waals surface area (Å²) < 4.78 is 6.74. The Balaban J connectivity index is 1.64. The van der Waals surface area contributed by atoms with Crippen LogP contribution in [-0.4, -0.2) is 25.0 Å². The van der Waals surface area contributed by atoms with Crippen LogP contribution in [0.2, 0.25) is 10.0 Å². The van der Waals surface area contributed by atoms with Crippen molar-refractivity contribution in [2.24, 2.45) is 5.92 Å². The van der Waals surface area contributed by atoms with Crippen LogP contribution in [0.1, 0.15) is 36.9 Å². The first-order valence-electron chi connectivity index (χ1n) is 9.78. The highest BCUT2D eigenvalue weighted by Crippen LogP contribution is 2.37. The number of aromatic amines is 2. The number of aromatic nitrogens is 5. The van der Waals surface area contributed by atoms with E-state index >= 15 is 0 Å². The minimum atomic E-state index is -0.727. The molecule has 0 atom stereocenters. The van der Waals surface area contributed by atoms with Crippen molar-refractivity contribution in [2.45, 2.75) is 39.0 Å². The molecule has 1 aliphatic rings. The van der Waals surface area contributed by atoms with Gasteiger partial charge in [0.05, 0.1) is 15.7 Å². The van der Waals surface area contributed by atoms with E-state index < -0.39 is 11.2 Å². The topological polar surface area (TPSA) is 123 Å². The van der Waals surface area contributed by atoms with Crippen molar-refractivity contribution in [1.29, 1.82) is 0 Å². The minimum Gasteiger partial charge on any atom is -0.434 e. The summed E-state index contributed by atoms with van der Waals surface area (Å²) in [5.74, 6) is 0.751. The standard InChI is InChI=1S/C20H19Cl2N5O4/c1-10-18(28)23-20(30)27(26-10)13-8-14(21)17(15(22)9-13)31-16-7-12(19(29)25-24-16)6-11-4-2-3-5-11/h7-9,11H,2-6H2,1H3,(H,25,29)(H,23,28,30). The van der Waals surface area contributed by atoms with Crippen molar-refractivity contribution < 1.29 is 4.74 Å². The lowest BCUT2D eigenvalue weighted by Crippen LogP contribution is -2.32. The van der Waals surface area contributed by atoms with E-state index in [1.807, 2.05) is 0 Å². The second kappa shape index (κ2) is 8.68. The molecule has 162 valence electrons. The minimum absolute atomic E-state index is 0.102. The summed E-state index contributed by atoms with van der Waals surface area (Å²) in [7, 11) is 0. The van der Waals surface area contributed by atoms with Crippen LogP contribution < -0.4 is 21.5 Å². The van der Waals surface area contributed by atoms with Crippen molar-refractivity contribution in [3.63, 3.8) is 0 Å². The average Bonchev–Trinajstić information content (AvgIpc) is 3.23. The van der Waals surface area contributed by atoms with Crippen molar-refractivity contribution in [2.75, 3.05) is 0 Å². The van der Waals surface area contributed by atoms with Crippen LogP contribution in [0, 0.1) is 12.8 Å². The van der Waals surface area contributed by atoms with E-state index in [9.17, 15) is 14.4 Å². The van der Waals surface area contributed by atoms with Crippen molar-refractivity contribution in [3.8, 4) is 17.3 Å². The molecule has 11 heteroatoms. The maximum absolute atomic E-state index is 12.1. The van der Waals surface area contributed by atoms with E-state index in [0.717, 1.165) is 17.5 Å². The molecule has 0 bridgehead atoms. The van der Waals surface area contributed by atoms with Gasteiger partial charge in [-0.05, 0) is 31.4 Å². The number of nitrogens with zero attached hydrogens (tertiary/aromatic N) is 3. The van der Waals surface area contributed by atoms with Gasteiger partial charge in [-0.15, -0.1) is 5.10 Å². The molecule has 31 heavy (non-hydrogen) atoms. The molecule has 2 aromatic heterocycles. The van der Waals surface area contributed by atoms with Gasteiger partial charge in [-0.2, -0.15) is 9.78 Å². The van der Waals surface area contributed by atoms with Gasteiger partial charge in [0.15, 0.2) is 5.75 Å². The van der Waals surface area contributed by atoms with E-state index in [2.05, 4.69) is 20.3 Å². The molecule has 2 N–H and O–H groups in total. The molecule has 0 saturated heterocycles. The quantitative estimate of drug-likeness (QED) is 0.598. The number of benzene rings is 1. The van der Waals surface area contributed by atoms with Crippen molar-refractivity contribution >= 4 is 23.2 Å². The van der Waals surface area contributed by atoms with E-state index in [1.54, 1.807) is 6.07 Å². The van der Waals surface area contributed by atoms with Crippen molar-refractivity contribution in [3.05, 3.63) is 70.7 Å². The predicted molar refractivity (Wildman–Crippen MR) is 116 cm³/mol. The van der Waals surface area contributed by atoms with Crippen LogP contribution in [0.3, 0.4) is 0 Å². The van der Waals surface area contributed by atoms with Gasteiger partial charge in [-0.25, -0.2) is 9.89 Å². The molecule has 0 radical (unpaired) electrons. The van der Waals surface area contributed by atoms with Gasteiger partial charge in [0.1, 0.15) is 5.69 Å². The second-order valence-electron chi connectivity index (χ2n) is 7.51. The first kappa shape index (κ1) is 21.3. The zero-order valence-corrected chi connectivity index (χ0v) is 18.1. The number of nitrogens with one attached hydrogen (secondary N) is 2. The Hall–Kier alpha value is -2.91. The fourth-order valence-corrected chi connectivity index (χ4v) is 4.23. The maximum atomic E-state index is 12.1. The van der Waals surface area contributed by atoms with Gasteiger partial charge in [-0.1, -0.05) is 48.9 Å². The number of hydrogen-bond donors (Lipinski definition) is 2. The highest BCUT2D eigenvalue weighted by atomic mass is 35.5. The highest BCUT2D eigenvalue weighted by molar-refractivity contribution is 6.37. The van der Waals surface area contributed by atoms with E-state index in [-0.39, 0.29) is 38.6 Å². The van der Waals surface area contributed by atoms with Crippen molar-refractivity contribution in [1.82, 2.24) is 25.0 Å². The lowest BCUT2D eigenvalue weighted by Gasteiger charge is -2.13. The number of rotatable bonds is 5. The Morgan fingerprint density at radius 2 is 1.77 bits per heavy atom. The molecular formula is C20H19Cl2N5O4. The number of hydrogen-bond acceptors (Lipinski definition) is 6. The van der Waals surface area contributed by atoms with Gasteiger partial charge in [0, 0.05) is 11.6 Å². The third-order valence-electron chi connectivity index (χ3n) is 5.27. The largest absolute Gasteiger partial charge is 0.434 e. The van der Waals surface area contributed by atoms with E-state index in [1.165, 1.54) is 31.9 Å². The lowest BCUT2D eigenvalue weighted by molar-refractivity contribution is 0.451. The third kappa shape index (κ3) is 4.57. The third-order valence-corrected chi connectivity index (χ3v) is 5.83. The molecule has 0 spiro atoms. The highest BCUT2D eigenvalue weighted by Gasteiger charge is 2.19. The van der Waals surface area contributed by atoms with Crippen LogP contribution in [0.5, 0.6) is 11.6 Å². The smallest absolute Gasteiger partial charge is 0.349 e. The number of H-pyrrole nitrogens is 2. The molecule has 1 aromatic carbocycles. The van der Waals surface area contributed by atoms with Crippen LogP contribution in [0.15, 0.2) is 32.6 Å². The average molecular weight is 464 g/mol. The Morgan fingerprint density at radius 3 is 2.45 bits per heavy atom. The Kier molecular flexibility index (Phi) is 5.97. The van der Waals surface area contributed by atoms with Crippen LogP contribution in [-0.2, 0) is 6.42 Å². The molecular weight excluding hydrogens is 445 g/mol. The monoisotopic (exact) mass is 463 g/mol. The van der Waals surface area contributed by atoms with Gasteiger partial charge < -0.3 is 4.74 Å². The summed E-state index contributed by atoms with van der Waals surface area (Å²) in [4.78, 5) is 37.9. The molecule has 0 aliphatic heterocycles. The molecule has 4 rings (SSSR count). The summed E-state index contributed by atoms with van der Waals surface area (Å²) in [5, 5.41) is 10.5. The SMILES string of the molecule is Cc1nn(-c2cc(Cl)c(Oc3cc(CC4CCCC4)c(=O)[nH]n3)c(Cl)c2)c(=O)[nH]c1=O. The van der Waals surface area contributed by atoms with Gasteiger partial charge >= 0.3 is 5.69 Å². The first-order chi connectivity index (χ1) is 14.8. The molecule has 9 nitrogen and oxygen atoms in total. The molecule has 2 heterocycles. The van der Waals surface area contributed by atoms with Crippen LogP contribution in [0.25, 0.3) is 5.69 Å². The first-order valence-corrected chi connectivity index (χ1v) is 10.5. The van der Waals surface area contributed by atoms with E-state index in [0.29, 0.717) is 17.9 Å². The Bertz CT molecular complexity index is 1280. The fraction of sp³-hybridized carbons (Fsp3) is 0.350. The summed E-state index contributed by atoms with van der Waals surface area (Å²) in [6.45, 7) is 1.47. The number of halogens is 2. The zero-order valence-electron chi connectivity index (χ0n) is 16.6. The molecule has 1 saturated carbocycles. The molecule has 0 unspecified atom stereocenters. The summed E-state index contributed by atoms with van der Waals surface area (Å²) in [5.41, 5.74) is -0.584. The molecule has 3 aromatic rings. The van der Waals surface area contributed by atoms with Crippen LogP contribution in [0.4, 0.5) is 0 Å². The predicted octanol–water partition coefficient (Wildman–Crippen LogP) is 3.14. The molecule has 1 aliphatic carbocycles. The Morgan fingerprint density at radius 1 is 1.10 bits per heavy atom. The van der Waals surface area contributed by atoms with Gasteiger partial charge in [0.2, 0.25) is 5.88 Å². The molecule has 0 amide bonds. The summed E-state index contributed by atoms with van der Waals surface area (Å²) in [6, 6.07) is 4.45. The fourth-order valence-electron chi connectivity index (χ4n) is 3.68. The van der Waals surface area contributed by atoms with Crippen LogP contribution >= 0.6 is 23.2 Å². The maximum Gasteiger partial charge on any atom is 0.349 e. The molecule has 1 fully saturated rings. The second-order valence-corrected chi connectivity index (χ2v) is 8.33.